The summed E-state index contributed by atoms with van der Waals surface area (Å²) >= 11 is 0. The van der Waals surface area contributed by atoms with Crippen LogP contribution in [0.4, 0.5) is 0 Å². The number of pyridine rings is 1. The molecule has 132 valence electrons. The van der Waals surface area contributed by atoms with Gasteiger partial charge in [0, 0.05) is 11.6 Å². The van der Waals surface area contributed by atoms with Crippen LogP contribution in [0.15, 0.2) is 77.9 Å². The van der Waals surface area contributed by atoms with Crippen molar-refractivity contribution >= 4 is 22.9 Å². The second-order valence-electron chi connectivity index (χ2n) is 6.00. The van der Waals surface area contributed by atoms with Gasteiger partial charge >= 0.3 is 0 Å². The maximum atomic E-state index is 12.7. The SMILES string of the molecule is COc1ccc(C=Cc2ccc3c(=O)n(-c4ccccn4)ncc3c2)cc1. The molecule has 0 N–H and O–H groups in total. The van der Waals surface area contributed by atoms with E-state index in [2.05, 4.69) is 10.1 Å². The molecule has 5 nitrogen and oxygen atoms in total. The number of hydrogen-bond acceptors (Lipinski definition) is 4. The van der Waals surface area contributed by atoms with Crippen molar-refractivity contribution in [3.8, 4) is 11.6 Å². The lowest BCUT2D eigenvalue weighted by Crippen LogP contribution is -2.21. The Morgan fingerprint density at radius 2 is 1.74 bits per heavy atom. The fourth-order valence-electron chi connectivity index (χ4n) is 2.82. The third-order valence-electron chi connectivity index (χ3n) is 4.26. The van der Waals surface area contributed by atoms with E-state index in [1.807, 2.05) is 60.7 Å². The maximum absolute atomic E-state index is 12.7. The summed E-state index contributed by atoms with van der Waals surface area (Å²) in [7, 11) is 1.65. The van der Waals surface area contributed by atoms with Crippen LogP contribution in [-0.4, -0.2) is 21.9 Å². The van der Waals surface area contributed by atoms with Gasteiger partial charge in [0.05, 0.1) is 18.7 Å². The van der Waals surface area contributed by atoms with E-state index < -0.39 is 0 Å². The molecule has 0 atom stereocenters. The molecule has 0 aliphatic carbocycles. The highest BCUT2D eigenvalue weighted by Gasteiger charge is 2.06. The van der Waals surface area contributed by atoms with Gasteiger partial charge in [-0.2, -0.15) is 9.78 Å². The minimum atomic E-state index is -0.183. The third kappa shape index (κ3) is 3.48. The molecule has 2 aromatic carbocycles. The van der Waals surface area contributed by atoms with Crippen molar-refractivity contribution in [2.24, 2.45) is 0 Å². The topological polar surface area (TPSA) is 57.0 Å². The lowest BCUT2D eigenvalue weighted by atomic mass is 10.1. The van der Waals surface area contributed by atoms with Crippen LogP contribution < -0.4 is 10.3 Å². The Balaban J connectivity index is 1.66. The maximum Gasteiger partial charge on any atom is 0.280 e. The first-order chi connectivity index (χ1) is 13.2. The number of nitrogens with zero attached hydrogens (tertiary/aromatic N) is 3. The predicted molar refractivity (Wildman–Crippen MR) is 107 cm³/mol. The van der Waals surface area contributed by atoms with Crippen LogP contribution in [0.1, 0.15) is 11.1 Å². The average Bonchev–Trinajstić information content (AvgIpc) is 2.73. The molecule has 0 saturated carbocycles. The Labute approximate surface area is 156 Å². The smallest absolute Gasteiger partial charge is 0.280 e. The Morgan fingerprint density at radius 3 is 2.48 bits per heavy atom. The van der Waals surface area contributed by atoms with Crippen molar-refractivity contribution in [1.82, 2.24) is 14.8 Å². The van der Waals surface area contributed by atoms with Crippen LogP contribution in [0.25, 0.3) is 28.7 Å². The first-order valence-electron chi connectivity index (χ1n) is 8.50. The highest BCUT2D eigenvalue weighted by Crippen LogP contribution is 2.17. The van der Waals surface area contributed by atoms with E-state index >= 15 is 0 Å². The molecule has 0 unspecified atom stereocenters. The Hall–Kier alpha value is -3.73. The fraction of sp³-hybridized carbons (Fsp3) is 0.0455. The van der Waals surface area contributed by atoms with Crippen molar-refractivity contribution in [2.75, 3.05) is 7.11 Å². The van der Waals surface area contributed by atoms with Crippen molar-refractivity contribution < 1.29 is 4.74 Å². The minimum absolute atomic E-state index is 0.183. The largest absolute Gasteiger partial charge is 0.497 e. The molecule has 0 bridgehead atoms. The average molecular weight is 355 g/mol. The fourth-order valence-corrected chi connectivity index (χ4v) is 2.82. The number of fused-ring (bicyclic) bond motifs is 1. The summed E-state index contributed by atoms with van der Waals surface area (Å²) in [5.41, 5.74) is 1.88. The molecule has 4 aromatic rings. The second-order valence-corrected chi connectivity index (χ2v) is 6.00. The molecular formula is C22H17N3O2. The van der Waals surface area contributed by atoms with E-state index in [0.29, 0.717) is 11.2 Å². The Morgan fingerprint density at radius 1 is 0.963 bits per heavy atom. The van der Waals surface area contributed by atoms with E-state index in [1.54, 1.807) is 31.6 Å². The van der Waals surface area contributed by atoms with E-state index in [9.17, 15) is 4.79 Å². The van der Waals surface area contributed by atoms with E-state index in [1.165, 1.54) is 4.68 Å². The van der Waals surface area contributed by atoms with Crippen molar-refractivity contribution in [2.45, 2.75) is 0 Å². The van der Waals surface area contributed by atoms with E-state index in [0.717, 1.165) is 22.3 Å². The van der Waals surface area contributed by atoms with Crippen LogP contribution in [0, 0.1) is 0 Å². The second kappa shape index (κ2) is 7.25. The summed E-state index contributed by atoms with van der Waals surface area (Å²) in [4.78, 5) is 16.9. The van der Waals surface area contributed by atoms with Crippen molar-refractivity contribution in [3.05, 3.63) is 94.5 Å². The molecule has 0 spiro atoms. The van der Waals surface area contributed by atoms with Gasteiger partial charge in [0.15, 0.2) is 5.82 Å². The Bertz CT molecular complexity index is 1160. The third-order valence-corrected chi connectivity index (χ3v) is 4.26. The molecule has 2 heterocycles. The van der Waals surface area contributed by atoms with Gasteiger partial charge in [-0.05, 0) is 47.5 Å². The predicted octanol–water partition coefficient (Wildman–Crippen LogP) is 3.96. The first kappa shape index (κ1) is 16.7. The number of rotatable bonds is 4. The molecule has 2 aromatic heterocycles. The summed E-state index contributed by atoms with van der Waals surface area (Å²) < 4.78 is 6.48. The number of ether oxygens (including phenoxy) is 1. The molecule has 4 rings (SSSR count). The zero-order valence-corrected chi connectivity index (χ0v) is 14.7. The molecule has 27 heavy (non-hydrogen) atoms. The highest BCUT2D eigenvalue weighted by molar-refractivity contribution is 5.84. The van der Waals surface area contributed by atoms with Gasteiger partial charge < -0.3 is 4.74 Å². The number of aromatic nitrogens is 3. The highest BCUT2D eigenvalue weighted by atomic mass is 16.5. The summed E-state index contributed by atoms with van der Waals surface area (Å²) in [5, 5.41) is 5.66. The lowest BCUT2D eigenvalue weighted by molar-refractivity contribution is 0.415. The summed E-state index contributed by atoms with van der Waals surface area (Å²) in [6.07, 6.45) is 7.35. The molecule has 0 radical (unpaired) electrons. The van der Waals surface area contributed by atoms with Gasteiger partial charge in [0.2, 0.25) is 0 Å². The lowest BCUT2D eigenvalue weighted by Gasteiger charge is -2.05. The van der Waals surface area contributed by atoms with Crippen LogP contribution >= 0.6 is 0 Å². The van der Waals surface area contributed by atoms with Gasteiger partial charge in [-0.1, -0.05) is 36.4 Å². The van der Waals surface area contributed by atoms with Crippen molar-refractivity contribution in [1.29, 1.82) is 0 Å². The minimum Gasteiger partial charge on any atom is -0.497 e. The zero-order valence-electron chi connectivity index (χ0n) is 14.7. The zero-order chi connectivity index (χ0) is 18.6. The number of hydrogen-bond donors (Lipinski definition) is 0. The summed E-state index contributed by atoms with van der Waals surface area (Å²) in [6, 6.07) is 18.9. The molecule has 0 aliphatic rings. The molecule has 0 amide bonds. The molecule has 0 fully saturated rings. The standard InChI is InChI=1S/C22H17N3O2/c1-27-19-10-7-16(8-11-19)5-6-17-9-12-20-18(14-17)15-24-25(22(20)26)21-4-2-3-13-23-21/h2-15H,1H3. The first-order valence-corrected chi connectivity index (χ1v) is 8.50. The molecule has 5 heteroatoms. The summed E-state index contributed by atoms with van der Waals surface area (Å²) in [5.74, 6) is 1.33. The van der Waals surface area contributed by atoms with E-state index in [-0.39, 0.29) is 5.56 Å². The van der Waals surface area contributed by atoms with Crippen LogP contribution in [0.5, 0.6) is 5.75 Å². The van der Waals surface area contributed by atoms with Crippen LogP contribution in [0.3, 0.4) is 0 Å². The van der Waals surface area contributed by atoms with Crippen LogP contribution in [-0.2, 0) is 0 Å². The van der Waals surface area contributed by atoms with Gasteiger partial charge in [-0.25, -0.2) is 4.98 Å². The van der Waals surface area contributed by atoms with Crippen molar-refractivity contribution in [3.63, 3.8) is 0 Å². The van der Waals surface area contributed by atoms with Gasteiger partial charge in [0.25, 0.3) is 5.56 Å². The van der Waals surface area contributed by atoms with Crippen LogP contribution in [0.2, 0.25) is 0 Å². The molecule has 0 saturated heterocycles. The normalized spacial score (nSPS) is 11.1. The van der Waals surface area contributed by atoms with Gasteiger partial charge in [-0.3, -0.25) is 4.79 Å². The quantitative estimate of drug-likeness (QED) is 0.520. The van der Waals surface area contributed by atoms with Gasteiger partial charge in [-0.15, -0.1) is 0 Å². The Kier molecular flexibility index (Phi) is 4.49. The number of methoxy groups -OCH3 is 1. The molecular weight excluding hydrogens is 338 g/mol. The van der Waals surface area contributed by atoms with Gasteiger partial charge in [0.1, 0.15) is 5.75 Å². The summed E-state index contributed by atoms with van der Waals surface area (Å²) in [6.45, 7) is 0. The monoisotopic (exact) mass is 355 g/mol. The van der Waals surface area contributed by atoms with E-state index in [4.69, 9.17) is 4.74 Å². The number of benzene rings is 2. The molecule has 0 aliphatic heterocycles.